The zero-order chi connectivity index (χ0) is 17.9. The molecule has 0 aliphatic carbocycles. The van der Waals surface area contributed by atoms with Gasteiger partial charge in [0, 0.05) is 0 Å². The quantitative estimate of drug-likeness (QED) is 0.224. The molecule has 0 aromatic rings. The Bertz CT molecular complexity index is 245. The molecule has 8 heteroatoms. The third-order valence-corrected chi connectivity index (χ3v) is 2.57. The fraction of sp³-hybridized carbons (Fsp3) is 1.00. The lowest BCUT2D eigenvalue weighted by atomic mass is 10.2. The second-order valence-electron chi connectivity index (χ2n) is 5.86. The van der Waals surface area contributed by atoms with Crippen molar-refractivity contribution in [2.45, 2.75) is 26.4 Å². The predicted octanol–water partition coefficient (Wildman–Crippen LogP) is 1.37. The van der Waals surface area contributed by atoms with E-state index in [-0.39, 0.29) is 12.2 Å². The molecule has 0 saturated carbocycles. The van der Waals surface area contributed by atoms with Crippen molar-refractivity contribution in [3.63, 3.8) is 0 Å². The number of hydrogen-bond donors (Lipinski definition) is 1. The first-order valence-corrected chi connectivity index (χ1v) is 8.35. The SMILES string of the molecule is CC(C)(C)OCCOCCOCCOCCOCCOCCOO. The predicted molar refractivity (Wildman–Crippen MR) is 88.4 cm³/mol. The van der Waals surface area contributed by atoms with Crippen LogP contribution in [0.25, 0.3) is 0 Å². The second-order valence-corrected chi connectivity index (χ2v) is 5.86. The van der Waals surface area contributed by atoms with Crippen LogP contribution in [0.1, 0.15) is 20.8 Å². The zero-order valence-corrected chi connectivity index (χ0v) is 15.3. The first-order valence-electron chi connectivity index (χ1n) is 8.35. The summed E-state index contributed by atoms with van der Waals surface area (Å²) in [6, 6.07) is 0. The molecule has 0 amide bonds. The summed E-state index contributed by atoms with van der Waals surface area (Å²) in [5.41, 5.74) is -0.122. The highest BCUT2D eigenvalue weighted by Crippen LogP contribution is 2.05. The maximum absolute atomic E-state index is 8.07. The van der Waals surface area contributed by atoms with Crippen LogP contribution in [0.3, 0.4) is 0 Å². The van der Waals surface area contributed by atoms with Crippen LogP contribution in [0.5, 0.6) is 0 Å². The van der Waals surface area contributed by atoms with E-state index in [2.05, 4.69) is 4.89 Å². The Kier molecular flexibility index (Phi) is 17.3. The molecule has 0 aromatic carbocycles. The van der Waals surface area contributed by atoms with Crippen molar-refractivity contribution in [3.05, 3.63) is 0 Å². The molecule has 24 heavy (non-hydrogen) atoms. The molecular formula is C16H34O8. The van der Waals surface area contributed by atoms with Gasteiger partial charge in [0.15, 0.2) is 0 Å². The molecule has 0 bridgehead atoms. The normalized spacial score (nSPS) is 12.0. The lowest BCUT2D eigenvalue weighted by Crippen LogP contribution is -2.22. The molecule has 0 spiro atoms. The van der Waals surface area contributed by atoms with Crippen molar-refractivity contribution >= 4 is 0 Å². The molecule has 0 aliphatic rings. The first kappa shape index (κ1) is 23.7. The maximum atomic E-state index is 8.07. The number of rotatable bonds is 18. The van der Waals surface area contributed by atoms with Crippen LogP contribution in [-0.2, 0) is 33.3 Å². The fourth-order valence-electron chi connectivity index (χ4n) is 1.48. The summed E-state index contributed by atoms with van der Waals surface area (Å²) >= 11 is 0. The highest BCUT2D eigenvalue weighted by atomic mass is 17.1. The van der Waals surface area contributed by atoms with Crippen LogP contribution >= 0.6 is 0 Å². The van der Waals surface area contributed by atoms with E-state index in [0.29, 0.717) is 72.7 Å². The minimum atomic E-state index is -0.122. The van der Waals surface area contributed by atoms with Crippen LogP contribution in [0, 0.1) is 0 Å². The van der Waals surface area contributed by atoms with Crippen LogP contribution in [0.4, 0.5) is 0 Å². The lowest BCUT2D eigenvalue weighted by Gasteiger charge is -2.19. The molecule has 0 fully saturated rings. The van der Waals surface area contributed by atoms with Gasteiger partial charge in [0.05, 0.1) is 78.3 Å². The highest BCUT2D eigenvalue weighted by Gasteiger charge is 2.08. The lowest BCUT2D eigenvalue weighted by molar-refractivity contribution is -0.249. The van der Waals surface area contributed by atoms with E-state index in [1.807, 2.05) is 20.8 Å². The smallest absolute Gasteiger partial charge is 0.105 e. The minimum absolute atomic E-state index is 0.122. The average Bonchev–Trinajstić information content (AvgIpc) is 2.52. The van der Waals surface area contributed by atoms with Gasteiger partial charge in [0.25, 0.3) is 0 Å². The van der Waals surface area contributed by atoms with Crippen LogP contribution in [0.2, 0.25) is 0 Å². The minimum Gasteiger partial charge on any atom is -0.377 e. The van der Waals surface area contributed by atoms with Gasteiger partial charge < -0.3 is 28.4 Å². The van der Waals surface area contributed by atoms with Crippen molar-refractivity contribution < 1.29 is 38.6 Å². The topological polar surface area (TPSA) is 84.8 Å². The fourth-order valence-corrected chi connectivity index (χ4v) is 1.48. The summed E-state index contributed by atoms with van der Waals surface area (Å²) < 4.78 is 32.1. The highest BCUT2D eigenvalue weighted by molar-refractivity contribution is 4.57. The van der Waals surface area contributed by atoms with Crippen LogP contribution in [-0.4, -0.2) is 90.1 Å². The standard InChI is InChI=1S/C16H34O8/c1-16(2,3)23-14-12-21-10-8-19-6-4-18-5-7-20-9-11-22-13-15-24-17/h17H,4-15H2,1-3H3. The third kappa shape index (κ3) is 21.7. The van der Waals surface area contributed by atoms with Crippen molar-refractivity contribution in [1.29, 1.82) is 0 Å². The van der Waals surface area contributed by atoms with Gasteiger partial charge in [-0.3, -0.25) is 5.26 Å². The van der Waals surface area contributed by atoms with E-state index in [9.17, 15) is 0 Å². The summed E-state index contributed by atoms with van der Waals surface area (Å²) in [6.45, 7) is 11.9. The van der Waals surface area contributed by atoms with Gasteiger partial charge in [0.2, 0.25) is 0 Å². The molecule has 0 aliphatic heterocycles. The molecule has 0 atom stereocenters. The van der Waals surface area contributed by atoms with E-state index in [4.69, 9.17) is 33.7 Å². The van der Waals surface area contributed by atoms with E-state index in [1.165, 1.54) is 0 Å². The molecule has 0 heterocycles. The Labute approximate surface area is 145 Å². The van der Waals surface area contributed by atoms with Crippen molar-refractivity contribution in [3.8, 4) is 0 Å². The third-order valence-electron chi connectivity index (χ3n) is 2.57. The molecule has 1 N–H and O–H groups in total. The first-order chi connectivity index (χ1) is 11.6. The number of hydrogen-bond acceptors (Lipinski definition) is 8. The van der Waals surface area contributed by atoms with Gasteiger partial charge in [-0.05, 0) is 20.8 Å². The largest absolute Gasteiger partial charge is 0.377 e. The summed E-state index contributed by atoms with van der Waals surface area (Å²) in [4.78, 5) is 3.87. The van der Waals surface area contributed by atoms with Gasteiger partial charge >= 0.3 is 0 Å². The Balaban J connectivity index is 3.00. The van der Waals surface area contributed by atoms with E-state index in [1.54, 1.807) is 0 Å². The summed E-state index contributed by atoms with van der Waals surface area (Å²) in [7, 11) is 0. The number of ether oxygens (including phenoxy) is 6. The van der Waals surface area contributed by atoms with Crippen molar-refractivity contribution in [1.82, 2.24) is 0 Å². The monoisotopic (exact) mass is 354 g/mol. The van der Waals surface area contributed by atoms with E-state index in [0.717, 1.165) is 0 Å². The Morgan fingerprint density at radius 3 is 1.08 bits per heavy atom. The molecule has 0 aromatic heterocycles. The second kappa shape index (κ2) is 17.5. The summed E-state index contributed by atoms with van der Waals surface area (Å²) in [5, 5.41) is 8.07. The Morgan fingerprint density at radius 2 is 0.792 bits per heavy atom. The average molecular weight is 354 g/mol. The molecule has 0 saturated heterocycles. The van der Waals surface area contributed by atoms with Gasteiger partial charge in [-0.2, -0.15) is 0 Å². The Morgan fingerprint density at radius 1 is 0.500 bits per heavy atom. The molecule has 0 radical (unpaired) electrons. The molecule has 146 valence electrons. The van der Waals surface area contributed by atoms with E-state index < -0.39 is 0 Å². The zero-order valence-electron chi connectivity index (χ0n) is 15.3. The molecule has 0 rings (SSSR count). The van der Waals surface area contributed by atoms with Gasteiger partial charge in [-0.1, -0.05) is 0 Å². The van der Waals surface area contributed by atoms with Crippen LogP contribution < -0.4 is 0 Å². The summed E-state index contributed by atoms with van der Waals surface area (Å²) in [5.74, 6) is 0. The molecular weight excluding hydrogens is 320 g/mol. The summed E-state index contributed by atoms with van der Waals surface area (Å²) in [6.07, 6.45) is 0. The maximum Gasteiger partial charge on any atom is 0.105 e. The van der Waals surface area contributed by atoms with Crippen molar-refractivity contribution in [2.24, 2.45) is 0 Å². The van der Waals surface area contributed by atoms with Gasteiger partial charge in [-0.25, -0.2) is 4.89 Å². The van der Waals surface area contributed by atoms with Crippen LogP contribution in [0.15, 0.2) is 0 Å². The molecule has 8 nitrogen and oxygen atoms in total. The Hall–Kier alpha value is -0.320. The molecule has 0 unspecified atom stereocenters. The van der Waals surface area contributed by atoms with Crippen molar-refractivity contribution in [2.75, 3.05) is 79.3 Å². The van der Waals surface area contributed by atoms with Gasteiger partial charge in [0.1, 0.15) is 6.61 Å². The van der Waals surface area contributed by atoms with Gasteiger partial charge in [-0.15, -0.1) is 0 Å². The van der Waals surface area contributed by atoms with E-state index >= 15 is 0 Å².